The molecule has 1 saturated heterocycles. The SMILES string of the molecule is O=C(Nc1ccc(S(=O)(=O)N2CCOCC2)cc1)c1cccc(Br)c1. The van der Waals surface area contributed by atoms with Crippen LogP contribution in [0.4, 0.5) is 5.69 Å². The third-order valence-electron chi connectivity index (χ3n) is 3.81. The molecular formula is C17H17BrN2O4S. The third kappa shape index (κ3) is 4.27. The lowest BCUT2D eigenvalue weighted by molar-refractivity contribution is 0.0730. The Bertz CT molecular complexity index is 862. The number of carbonyl (C=O) groups excluding carboxylic acids is 1. The van der Waals surface area contributed by atoms with Gasteiger partial charge in [-0.15, -0.1) is 0 Å². The predicted octanol–water partition coefficient (Wildman–Crippen LogP) is 2.72. The summed E-state index contributed by atoms with van der Waals surface area (Å²) in [4.78, 5) is 12.4. The number of benzene rings is 2. The first-order chi connectivity index (χ1) is 12.0. The summed E-state index contributed by atoms with van der Waals surface area (Å²) in [5.74, 6) is -0.259. The van der Waals surface area contributed by atoms with Gasteiger partial charge < -0.3 is 10.1 Å². The summed E-state index contributed by atoms with van der Waals surface area (Å²) >= 11 is 3.32. The van der Waals surface area contributed by atoms with E-state index in [1.165, 1.54) is 16.4 Å². The van der Waals surface area contributed by atoms with Crippen molar-refractivity contribution in [2.45, 2.75) is 4.90 Å². The number of hydrogen-bond acceptors (Lipinski definition) is 4. The van der Waals surface area contributed by atoms with Crippen molar-refractivity contribution in [2.75, 3.05) is 31.6 Å². The van der Waals surface area contributed by atoms with Crippen molar-refractivity contribution >= 4 is 37.5 Å². The number of hydrogen-bond donors (Lipinski definition) is 1. The van der Waals surface area contributed by atoms with Gasteiger partial charge in [-0.25, -0.2) is 8.42 Å². The summed E-state index contributed by atoms with van der Waals surface area (Å²) in [5, 5.41) is 2.76. The zero-order valence-corrected chi connectivity index (χ0v) is 15.7. The molecule has 1 amide bonds. The van der Waals surface area contributed by atoms with E-state index in [1.807, 2.05) is 6.07 Å². The molecule has 132 valence electrons. The van der Waals surface area contributed by atoms with Gasteiger partial charge >= 0.3 is 0 Å². The number of carbonyl (C=O) groups is 1. The van der Waals surface area contributed by atoms with Crippen molar-refractivity contribution < 1.29 is 17.9 Å². The lowest BCUT2D eigenvalue weighted by Gasteiger charge is -2.26. The zero-order chi connectivity index (χ0) is 17.9. The molecule has 1 heterocycles. The monoisotopic (exact) mass is 424 g/mol. The van der Waals surface area contributed by atoms with Crippen LogP contribution < -0.4 is 5.32 Å². The second kappa shape index (κ2) is 7.65. The van der Waals surface area contributed by atoms with Gasteiger partial charge in [0.25, 0.3) is 5.91 Å². The van der Waals surface area contributed by atoms with Crippen LogP contribution in [0.1, 0.15) is 10.4 Å². The molecule has 0 saturated carbocycles. The number of anilines is 1. The van der Waals surface area contributed by atoms with Crippen LogP contribution in [0.15, 0.2) is 57.9 Å². The summed E-state index contributed by atoms with van der Waals surface area (Å²) in [6.07, 6.45) is 0. The largest absolute Gasteiger partial charge is 0.379 e. The van der Waals surface area contributed by atoms with Crippen molar-refractivity contribution in [3.8, 4) is 0 Å². The van der Waals surface area contributed by atoms with Crippen molar-refractivity contribution in [1.82, 2.24) is 4.31 Å². The number of nitrogens with zero attached hydrogens (tertiary/aromatic N) is 1. The molecule has 0 radical (unpaired) electrons. The molecule has 0 aromatic heterocycles. The van der Waals surface area contributed by atoms with E-state index < -0.39 is 10.0 Å². The molecule has 2 aromatic carbocycles. The maximum Gasteiger partial charge on any atom is 0.255 e. The van der Waals surface area contributed by atoms with Crippen molar-refractivity contribution in [3.05, 3.63) is 58.6 Å². The van der Waals surface area contributed by atoms with Gasteiger partial charge in [0.05, 0.1) is 18.1 Å². The second-order valence-corrected chi connectivity index (χ2v) is 8.36. The summed E-state index contributed by atoms with van der Waals surface area (Å²) in [6, 6.07) is 13.2. The van der Waals surface area contributed by atoms with Gasteiger partial charge in [0.2, 0.25) is 10.0 Å². The number of halogens is 1. The molecular weight excluding hydrogens is 408 g/mol. The lowest BCUT2D eigenvalue weighted by Crippen LogP contribution is -2.40. The van der Waals surface area contributed by atoms with Gasteiger partial charge in [-0.2, -0.15) is 4.31 Å². The van der Waals surface area contributed by atoms with E-state index in [4.69, 9.17) is 4.74 Å². The lowest BCUT2D eigenvalue weighted by atomic mass is 10.2. The van der Waals surface area contributed by atoms with Gasteiger partial charge in [0, 0.05) is 28.8 Å². The number of nitrogens with one attached hydrogen (secondary N) is 1. The Labute approximate surface area is 155 Å². The average molecular weight is 425 g/mol. The molecule has 0 atom stereocenters. The maximum atomic E-state index is 12.6. The van der Waals surface area contributed by atoms with Gasteiger partial charge in [0.15, 0.2) is 0 Å². The minimum absolute atomic E-state index is 0.204. The first-order valence-corrected chi connectivity index (χ1v) is 9.95. The topological polar surface area (TPSA) is 75.7 Å². The van der Waals surface area contributed by atoms with Crippen LogP contribution in [0.3, 0.4) is 0 Å². The molecule has 0 spiro atoms. The van der Waals surface area contributed by atoms with E-state index in [0.29, 0.717) is 37.6 Å². The van der Waals surface area contributed by atoms with E-state index in [9.17, 15) is 13.2 Å². The minimum Gasteiger partial charge on any atom is -0.379 e. The first kappa shape index (κ1) is 18.1. The molecule has 1 fully saturated rings. The van der Waals surface area contributed by atoms with Crippen LogP contribution in [-0.2, 0) is 14.8 Å². The molecule has 25 heavy (non-hydrogen) atoms. The molecule has 0 unspecified atom stereocenters. The second-order valence-electron chi connectivity index (χ2n) is 5.51. The molecule has 8 heteroatoms. The molecule has 0 bridgehead atoms. The Morgan fingerprint density at radius 2 is 1.76 bits per heavy atom. The standard InChI is InChI=1S/C17H17BrN2O4S/c18-14-3-1-2-13(12-14)17(21)19-15-4-6-16(7-5-15)25(22,23)20-8-10-24-11-9-20/h1-7,12H,8-11H2,(H,19,21). The van der Waals surface area contributed by atoms with Crippen LogP contribution in [0.25, 0.3) is 0 Å². The van der Waals surface area contributed by atoms with E-state index in [0.717, 1.165) is 4.47 Å². The molecule has 1 aliphatic heterocycles. The summed E-state index contributed by atoms with van der Waals surface area (Å²) in [7, 11) is -3.53. The average Bonchev–Trinajstić information content (AvgIpc) is 2.63. The van der Waals surface area contributed by atoms with Crippen molar-refractivity contribution in [2.24, 2.45) is 0 Å². The molecule has 3 rings (SSSR count). The molecule has 2 aromatic rings. The highest BCUT2D eigenvalue weighted by atomic mass is 79.9. The van der Waals surface area contributed by atoms with Gasteiger partial charge in [0.1, 0.15) is 0 Å². The van der Waals surface area contributed by atoms with Gasteiger partial charge in [-0.1, -0.05) is 22.0 Å². The van der Waals surface area contributed by atoms with E-state index in [-0.39, 0.29) is 10.8 Å². The zero-order valence-electron chi connectivity index (χ0n) is 13.3. The number of rotatable bonds is 4. The summed E-state index contributed by atoms with van der Waals surface area (Å²) in [6.45, 7) is 1.51. The highest BCUT2D eigenvalue weighted by Crippen LogP contribution is 2.20. The van der Waals surface area contributed by atoms with Crippen LogP contribution in [0.5, 0.6) is 0 Å². The Morgan fingerprint density at radius 1 is 1.08 bits per heavy atom. The molecule has 1 N–H and O–H groups in total. The molecule has 6 nitrogen and oxygen atoms in total. The summed E-state index contributed by atoms with van der Waals surface area (Å²) < 4.78 is 32.5. The number of morpholine rings is 1. The quantitative estimate of drug-likeness (QED) is 0.818. The highest BCUT2D eigenvalue weighted by Gasteiger charge is 2.26. The fourth-order valence-corrected chi connectivity index (χ4v) is 4.29. The van der Waals surface area contributed by atoms with E-state index >= 15 is 0 Å². The highest BCUT2D eigenvalue weighted by molar-refractivity contribution is 9.10. The maximum absolute atomic E-state index is 12.6. The van der Waals surface area contributed by atoms with Gasteiger partial charge in [-0.05, 0) is 42.5 Å². The van der Waals surface area contributed by atoms with Gasteiger partial charge in [-0.3, -0.25) is 4.79 Å². The number of sulfonamides is 1. The fourth-order valence-electron chi connectivity index (χ4n) is 2.48. The van der Waals surface area contributed by atoms with E-state index in [1.54, 1.807) is 30.3 Å². The first-order valence-electron chi connectivity index (χ1n) is 7.72. The third-order valence-corrected chi connectivity index (χ3v) is 6.21. The van der Waals surface area contributed by atoms with Crippen LogP contribution in [-0.4, -0.2) is 44.9 Å². The number of amides is 1. The molecule has 0 aliphatic carbocycles. The Hall–Kier alpha value is -1.74. The van der Waals surface area contributed by atoms with E-state index in [2.05, 4.69) is 21.2 Å². The minimum atomic E-state index is -3.53. The fraction of sp³-hybridized carbons (Fsp3) is 0.235. The Morgan fingerprint density at radius 3 is 2.40 bits per heavy atom. The predicted molar refractivity (Wildman–Crippen MR) is 98.1 cm³/mol. The molecule has 1 aliphatic rings. The smallest absolute Gasteiger partial charge is 0.255 e. The van der Waals surface area contributed by atoms with Crippen LogP contribution in [0.2, 0.25) is 0 Å². The van der Waals surface area contributed by atoms with Crippen molar-refractivity contribution in [1.29, 1.82) is 0 Å². The number of ether oxygens (including phenoxy) is 1. The van der Waals surface area contributed by atoms with Crippen molar-refractivity contribution in [3.63, 3.8) is 0 Å². The Balaban J connectivity index is 1.73. The summed E-state index contributed by atoms with van der Waals surface area (Å²) in [5.41, 5.74) is 1.05. The normalized spacial score (nSPS) is 15.7. The van der Waals surface area contributed by atoms with Crippen LogP contribution >= 0.6 is 15.9 Å². The Kier molecular flexibility index (Phi) is 5.53. The van der Waals surface area contributed by atoms with Crippen LogP contribution in [0, 0.1) is 0 Å².